The summed E-state index contributed by atoms with van der Waals surface area (Å²) in [4.78, 5) is 8.70. The average Bonchev–Trinajstić information content (AvgIpc) is 2.89. The molecule has 3 N–H and O–H groups in total. The molecule has 1 aromatic carbocycles. The molecular weight excluding hydrogens is 230 g/mol. The molecule has 3 rings (SSSR count). The molecule has 3 aromatic rings. The summed E-state index contributed by atoms with van der Waals surface area (Å²) in [6.07, 6.45) is 1.59. The van der Waals surface area contributed by atoms with E-state index >= 15 is 0 Å². The number of hydrogen-bond donors (Lipinski definition) is 2. The second kappa shape index (κ2) is 4.33. The normalized spacial score (nSPS) is 10.7. The second-order valence-electron chi connectivity index (χ2n) is 3.78. The molecule has 0 aliphatic carbocycles. The Kier molecular flexibility index (Phi) is 2.53. The van der Waals surface area contributed by atoms with Crippen LogP contribution >= 0.6 is 0 Å². The average molecular weight is 241 g/mol. The molecule has 0 saturated heterocycles. The highest BCUT2D eigenvalue weighted by molar-refractivity contribution is 5.79. The summed E-state index contributed by atoms with van der Waals surface area (Å²) >= 11 is 0. The Morgan fingerprint density at radius 1 is 1.11 bits per heavy atom. The monoisotopic (exact) mass is 241 g/mol. The Bertz CT molecular complexity index is 665. The van der Waals surface area contributed by atoms with Gasteiger partial charge in [-0.3, -0.25) is 0 Å². The van der Waals surface area contributed by atoms with Gasteiger partial charge in [0.25, 0.3) is 0 Å². The summed E-state index contributed by atoms with van der Waals surface area (Å²) in [7, 11) is 0. The van der Waals surface area contributed by atoms with Crippen LogP contribution in [0.1, 0.15) is 5.76 Å². The molecule has 90 valence electrons. The SMILES string of the molecule is Nc1nc2ccccc2nc1NCc1ccno1. The lowest BCUT2D eigenvalue weighted by atomic mass is 10.3. The van der Waals surface area contributed by atoms with E-state index in [0.717, 1.165) is 11.0 Å². The van der Waals surface area contributed by atoms with E-state index < -0.39 is 0 Å². The van der Waals surface area contributed by atoms with Crippen LogP contribution in [0.15, 0.2) is 41.1 Å². The highest BCUT2D eigenvalue weighted by atomic mass is 16.5. The van der Waals surface area contributed by atoms with Crippen LogP contribution in [-0.4, -0.2) is 15.1 Å². The largest absolute Gasteiger partial charge is 0.381 e. The Balaban J connectivity index is 1.89. The summed E-state index contributed by atoms with van der Waals surface area (Å²) in [6.45, 7) is 0.469. The fraction of sp³-hybridized carbons (Fsp3) is 0.0833. The van der Waals surface area contributed by atoms with Gasteiger partial charge in [-0.1, -0.05) is 17.3 Å². The third-order valence-corrected chi connectivity index (χ3v) is 2.52. The molecule has 18 heavy (non-hydrogen) atoms. The van der Waals surface area contributed by atoms with E-state index in [0.29, 0.717) is 23.9 Å². The van der Waals surface area contributed by atoms with Crippen molar-refractivity contribution in [3.63, 3.8) is 0 Å². The predicted octanol–water partition coefficient (Wildman–Crippen LogP) is 1.81. The van der Waals surface area contributed by atoms with Crippen LogP contribution < -0.4 is 11.1 Å². The van der Waals surface area contributed by atoms with Gasteiger partial charge in [-0.2, -0.15) is 0 Å². The quantitative estimate of drug-likeness (QED) is 0.726. The maximum Gasteiger partial charge on any atom is 0.169 e. The summed E-state index contributed by atoms with van der Waals surface area (Å²) in [6, 6.07) is 9.35. The first-order chi connectivity index (χ1) is 8.83. The molecule has 0 unspecified atom stereocenters. The molecule has 6 heteroatoms. The Morgan fingerprint density at radius 2 is 1.89 bits per heavy atom. The van der Waals surface area contributed by atoms with Crippen LogP contribution in [0.4, 0.5) is 11.6 Å². The van der Waals surface area contributed by atoms with Crippen LogP contribution in [0.25, 0.3) is 11.0 Å². The van der Waals surface area contributed by atoms with Gasteiger partial charge < -0.3 is 15.6 Å². The van der Waals surface area contributed by atoms with E-state index in [9.17, 15) is 0 Å². The lowest BCUT2D eigenvalue weighted by Crippen LogP contribution is -2.06. The van der Waals surface area contributed by atoms with Crippen molar-refractivity contribution < 1.29 is 4.52 Å². The van der Waals surface area contributed by atoms with Gasteiger partial charge in [0, 0.05) is 6.07 Å². The van der Waals surface area contributed by atoms with Crippen molar-refractivity contribution in [3.8, 4) is 0 Å². The number of benzene rings is 1. The topological polar surface area (TPSA) is 89.9 Å². The van der Waals surface area contributed by atoms with Crippen molar-refractivity contribution in [3.05, 3.63) is 42.3 Å². The Morgan fingerprint density at radius 3 is 2.61 bits per heavy atom. The van der Waals surface area contributed by atoms with E-state index in [1.165, 1.54) is 0 Å². The highest BCUT2D eigenvalue weighted by Crippen LogP contribution is 2.18. The van der Waals surface area contributed by atoms with Crippen LogP contribution in [0.5, 0.6) is 0 Å². The number of hydrogen-bond acceptors (Lipinski definition) is 6. The van der Waals surface area contributed by atoms with Gasteiger partial charge in [-0.25, -0.2) is 9.97 Å². The molecule has 2 aromatic heterocycles. The van der Waals surface area contributed by atoms with Gasteiger partial charge >= 0.3 is 0 Å². The van der Waals surface area contributed by atoms with Crippen molar-refractivity contribution in [2.24, 2.45) is 0 Å². The van der Waals surface area contributed by atoms with Gasteiger partial charge in [-0.15, -0.1) is 0 Å². The smallest absolute Gasteiger partial charge is 0.169 e. The van der Waals surface area contributed by atoms with Gasteiger partial charge in [0.1, 0.15) is 0 Å². The van der Waals surface area contributed by atoms with Gasteiger partial charge in [0.15, 0.2) is 17.4 Å². The summed E-state index contributed by atoms with van der Waals surface area (Å²) < 4.78 is 4.98. The molecule has 0 aliphatic rings. The zero-order valence-electron chi connectivity index (χ0n) is 9.50. The van der Waals surface area contributed by atoms with Crippen LogP contribution in [0.3, 0.4) is 0 Å². The molecule has 0 spiro atoms. The van der Waals surface area contributed by atoms with E-state index in [1.54, 1.807) is 12.3 Å². The van der Waals surface area contributed by atoms with Gasteiger partial charge in [0.2, 0.25) is 0 Å². The zero-order valence-corrected chi connectivity index (χ0v) is 9.50. The van der Waals surface area contributed by atoms with Crippen molar-refractivity contribution in [2.75, 3.05) is 11.1 Å². The van der Waals surface area contributed by atoms with Gasteiger partial charge in [0.05, 0.1) is 23.8 Å². The standard InChI is InChI=1S/C12H11N5O/c13-11-12(14-7-8-5-6-15-18-8)17-10-4-2-1-3-9(10)16-11/h1-6H,7H2,(H2,13,16)(H,14,17). The Labute approximate surface area is 103 Å². The lowest BCUT2D eigenvalue weighted by molar-refractivity contribution is 0.388. The number of fused-ring (bicyclic) bond motifs is 1. The molecule has 0 radical (unpaired) electrons. The summed E-state index contributed by atoms with van der Waals surface area (Å²) in [5.74, 6) is 1.63. The number of anilines is 2. The van der Waals surface area contributed by atoms with Crippen molar-refractivity contribution in [2.45, 2.75) is 6.54 Å². The second-order valence-corrected chi connectivity index (χ2v) is 3.78. The first-order valence-corrected chi connectivity index (χ1v) is 5.48. The number of para-hydroxylation sites is 2. The molecular formula is C12H11N5O. The van der Waals surface area contributed by atoms with E-state index in [-0.39, 0.29) is 0 Å². The predicted molar refractivity (Wildman–Crippen MR) is 67.8 cm³/mol. The maximum atomic E-state index is 5.84. The number of nitrogens with one attached hydrogen (secondary N) is 1. The molecule has 0 amide bonds. The van der Waals surface area contributed by atoms with Crippen molar-refractivity contribution in [1.82, 2.24) is 15.1 Å². The Hall–Kier alpha value is -2.63. The minimum absolute atomic E-state index is 0.369. The molecule has 0 atom stereocenters. The third kappa shape index (κ3) is 1.95. The minimum Gasteiger partial charge on any atom is -0.381 e. The first-order valence-electron chi connectivity index (χ1n) is 5.48. The maximum absolute atomic E-state index is 5.84. The number of rotatable bonds is 3. The molecule has 0 fully saturated rings. The van der Waals surface area contributed by atoms with Crippen molar-refractivity contribution in [1.29, 1.82) is 0 Å². The summed E-state index contributed by atoms with van der Waals surface area (Å²) in [5, 5.41) is 6.70. The lowest BCUT2D eigenvalue weighted by Gasteiger charge is -2.07. The van der Waals surface area contributed by atoms with Crippen LogP contribution in [-0.2, 0) is 6.54 Å². The van der Waals surface area contributed by atoms with Gasteiger partial charge in [-0.05, 0) is 12.1 Å². The first kappa shape index (κ1) is 10.5. The third-order valence-electron chi connectivity index (χ3n) is 2.52. The fourth-order valence-corrected chi connectivity index (χ4v) is 1.65. The molecule has 6 nitrogen and oxygen atoms in total. The number of nitrogens with two attached hydrogens (primary N) is 1. The van der Waals surface area contributed by atoms with E-state index in [2.05, 4.69) is 20.4 Å². The minimum atomic E-state index is 0.369. The van der Waals surface area contributed by atoms with Crippen LogP contribution in [0, 0.1) is 0 Å². The van der Waals surface area contributed by atoms with Crippen molar-refractivity contribution >= 4 is 22.7 Å². The molecule has 0 bridgehead atoms. The molecule has 0 saturated carbocycles. The fourth-order valence-electron chi connectivity index (χ4n) is 1.65. The highest BCUT2D eigenvalue weighted by Gasteiger charge is 2.06. The molecule has 0 aliphatic heterocycles. The number of nitrogens with zero attached hydrogens (tertiary/aromatic N) is 3. The van der Waals surface area contributed by atoms with Crippen LogP contribution in [0.2, 0.25) is 0 Å². The number of aromatic nitrogens is 3. The summed E-state index contributed by atoms with van der Waals surface area (Å²) in [5.41, 5.74) is 7.42. The molecule has 2 heterocycles. The van der Waals surface area contributed by atoms with E-state index in [1.807, 2.05) is 24.3 Å². The zero-order chi connectivity index (χ0) is 12.4. The number of nitrogen functional groups attached to an aromatic ring is 1. The van der Waals surface area contributed by atoms with E-state index in [4.69, 9.17) is 10.3 Å².